The minimum absolute atomic E-state index is 0.0144. The molecule has 20 heavy (non-hydrogen) atoms. The lowest BCUT2D eigenvalue weighted by Crippen LogP contribution is -2.50. The quantitative estimate of drug-likeness (QED) is 0.847. The number of hydrogen-bond donors (Lipinski definition) is 1. The number of piperazine rings is 1. The van der Waals surface area contributed by atoms with Crippen LogP contribution in [0.2, 0.25) is 0 Å². The van der Waals surface area contributed by atoms with E-state index < -0.39 is 0 Å². The SMILES string of the molecule is CN1CCN(C)C(Cc2noc(C3(C)CCNC3)n2)C1. The molecule has 0 spiro atoms. The van der Waals surface area contributed by atoms with Crippen LogP contribution in [-0.2, 0) is 11.8 Å². The Hall–Kier alpha value is -0.980. The van der Waals surface area contributed by atoms with E-state index in [9.17, 15) is 0 Å². The zero-order valence-corrected chi connectivity index (χ0v) is 12.7. The first-order valence-corrected chi connectivity index (χ1v) is 7.49. The predicted molar refractivity (Wildman–Crippen MR) is 76.8 cm³/mol. The van der Waals surface area contributed by atoms with Crippen LogP contribution < -0.4 is 5.32 Å². The molecule has 6 nitrogen and oxygen atoms in total. The van der Waals surface area contributed by atoms with Gasteiger partial charge >= 0.3 is 0 Å². The average molecular weight is 279 g/mol. The van der Waals surface area contributed by atoms with Gasteiger partial charge in [-0.25, -0.2) is 0 Å². The molecule has 2 saturated heterocycles. The van der Waals surface area contributed by atoms with E-state index in [1.165, 1.54) is 0 Å². The van der Waals surface area contributed by atoms with Gasteiger partial charge in [0.15, 0.2) is 5.82 Å². The first kappa shape index (κ1) is 14.0. The maximum atomic E-state index is 5.52. The number of rotatable bonds is 3. The van der Waals surface area contributed by atoms with Crippen LogP contribution in [0.15, 0.2) is 4.52 Å². The van der Waals surface area contributed by atoms with E-state index in [4.69, 9.17) is 4.52 Å². The van der Waals surface area contributed by atoms with Gasteiger partial charge in [0.05, 0.1) is 5.41 Å². The largest absolute Gasteiger partial charge is 0.339 e. The monoisotopic (exact) mass is 279 g/mol. The van der Waals surface area contributed by atoms with Crippen LogP contribution in [0.25, 0.3) is 0 Å². The van der Waals surface area contributed by atoms with E-state index in [2.05, 4.69) is 46.3 Å². The van der Waals surface area contributed by atoms with Gasteiger partial charge in [0, 0.05) is 38.6 Å². The van der Waals surface area contributed by atoms with E-state index in [-0.39, 0.29) is 5.41 Å². The first-order chi connectivity index (χ1) is 9.57. The summed E-state index contributed by atoms with van der Waals surface area (Å²) in [5.41, 5.74) is 0.0144. The van der Waals surface area contributed by atoms with Crippen molar-refractivity contribution in [3.8, 4) is 0 Å². The van der Waals surface area contributed by atoms with Crippen molar-refractivity contribution in [2.45, 2.75) is 31.2 Å². The second-order valence-corrected chi connectivity index (χ2v) is 6.60. The minimum Gasteiger partial charge on any atom is -0.339 e. The van der Waals surface area contributed by atoms with Gasteiger partial charge in [-0.3, -0.25) is 0 Å². The molecule has 0 bridgehead atoms. The third kappa shape index (κ3) is 2.73. The highest BCUT2D eigenvalue weighted by Gasteiger charge is 2.36. The Labute approximate surface area is 120 Å². The molecule has 1 N–H and O–H groups in total. The first-order valence-electron chi connectivity index (χ1n) is 7.49. The van der Waals surface area contributed by atoms with Crippen molar-refractivity contribution in [2.75, 3.05) is 46.8 Å². The van der Waals surface area contributed by atoms with Crippen molar-refractivity contribution in [3.63, 3.8) is 0 Å². The van der Waals surface area contributed by atoms with Crippen LogP contribution in [0.1, 0.15) is 25.1 Å². The fraction of sp³-hybridized carbons (Fsp3) is 0.857. The van der Waals surface area contributed by atoms with Crippen molar-refractivity contribution in [3.05, 3.63) is 11.7 Å². The van der Waals surface area contributed by atoms with Gasteiger partial charge in [-0.2, -0.15) is 4.98 Å². The van der Waals surface area contributed by atoms with E-state index in [1.54, 1.807) is 0 Å². The topological polar surface area (TPSA) is 57.4 Å². The van der Waals surface area contributed by atoms with Crippen LogP contribution in [0.4, 0.5) is 0 Å². The highest BCUT2D eigenvalue weighted by atomic mass is 16.5. The normalized spacial score (nSPS) is 32.9. The number of hydrogen-bond acceptors (Lipinski definition) is 6. The number of nitrogens with one attached hydrogen (secondary N) is 1. The third-order valence-electron chi connectivity index (χ3n) is 4.75. The second-order valence-electron chi connectivity index (χ2n) is 6.60. The van der Waals surface area contributed by atoms with Crippen LogP contribution in [0.3, 0.4) is 0 Å². The lowest BCUT2D eigenvalue weighted by atomic mass is 9.90. The zero-order chi connectivity index (χ0) is 14.2. The third-order valence-corrected chi connectivity index (χ3v) is 4.75. The van der Waals surface area contributed by atoms with E-state index in [0.717, 1.165) is 57.3 Å². The van der Waals surface area contributed by atoms with Gasteiger partial charge < -0.3 is 19.6 Å². The summed E-state index contributed by atoms with van der Waals surface area (Å²) >= 11 is 0. The molecule has 1 aromatic heterocycles. The summed E-state index contributed by atoms with van der Waals surface area (Å²) in [5.74, 6) is 1.64. The molecule has 0 amide bonds. The molecular weight excluding hydrogens is 254 g/mol. The molecule has 0 radical (unpaired) electrons. The number of aromatic nitrogens is 2. The Bertz CT molecular complexity index is 454. The summed E-state index contributed by atoms with van der Waals surface area (Å²) < 4.78 is 5.52. The summed E-state index contributed by atoms with van der Waals surface area (Å²) in [7, 11) is 4.35. The molecule has 0 saturated carbocycles. The second kappa shape index (κ2) is 5.42. The van der Waals surface area contributed by atoms with Gasteiger partial charge in [0.2, 0.25) is 5.89 Å². The van der Waals surface area contributed by atoms with E-state index in [1.807, 2.05) is 0 Å². The summed E-state index contributed by atoms with van der Waals surface area (Å²) in [6.45, 7) is 7.47. The summed E-state index contributed by atoms with van der Waals surface area (Å²) in [5, 5.41) is 7.57. The van der Waals surface area contributed by atoms with Gasteiger partial charge in [-0.05, 0) is 34.0 Å². The summed E-state index contributed by atoms with van der Waals surface area (Å²) in [6, 6.07) is 0.480. The summed E-state index contributed by atoms with van der Waals surface area (Å²) in [4.78, 5) is 9.42. The molecule has 0 aromatic carbocycles. The lowest BCUT2D eigenvalue weighted by Gasteiger charge is -2.37. The molecule has 2 aliphatic heterocycles. The fourth-order valence-electron chi connectivity index (χ4n) is 3.11. The van der Waals surface area contributed by atoms with Crippen molar-refractivity contribution >= 4 is 0 Å². The zero-order valence-electron chi connectivity index (χ0n) is 12.7. The molecule has 6 heteroatoms. The maximum Gasteiger partial charge on any atom is 0.233 e. The van der Waals surface area contributed by atoms with Crippen molar-refractivity contribution < 1.29 is 4.52 Å². The lowest BCUT2D eigenvalue weighted by molar-refractivity contribution is 0.113. The van der Waals surface area contributed by atoms with Gasteiger partial charge in [0.25, 0.3) is 0 Å². The Morgan fingerprint density at radius 3 is 3.00 bits per heavy atom. The van der Waals surface area contributed by atoms with E-state index >= 15 is 0 Å². The standard InChI is InChI=1S/C14H25N5O/c1-14(4-5-15-10-14)13-16-12(17-20-13)8-11-9-18(2)6-7-19(11)3/h11,15H,4-10H2,1-3H3. The van der Waals surface area contributed by atoms with Crippen molar-refractivity contribution in [1.82, 2.24) is 25.3 Å². The molecule has 2 aliphatic rings. The Morgan fingerprint density at radius 1 is 1.40 bits per heavy atom. The van der Waals surface area contributed by atoms with Crippen molar-refractivity contribution in [2.24, 2.45) is 0 Å². The Kier molecular flexibility index (Phi) is 3.79. The molecule has 3 heterocycles. The molecule has 2 unspecified atom stereocenters. The maximum absolute atomic E-state index is 5.52. The molecule has 3 rings (SSSR count). The number of likely N-dealkylation sites (N-methyl/N-ethyl adjacent to an activating group) is 2. The van der Waals surface area contributed by atoms with Crippen molar-refractivity contribution in [1.29, 1.82) is 0 Å². The Balaban J connectivity index is 1.67. The highest BCUT2D eigenvalue weighted by Crippen LogP contribution is 2.28. The number of nitrogens with zero attached hydrogens (tertiary/aromatic N) is 4. The highest BCUT2D eigenvalue weighted by molar-refractivity contribution is 5.08. The molecular formula is C14H25N5O. The average Bonchev–Trinajstić information content (AvgIpc) is 3.04. The predicted octanol–water partition coefficient (Wildman–Crippen LogP) is 0.109. The van der Waals surface area contributed by atoms with Gasteiger partial charge in [0.1, 0.15) is 0 Å². The molecule has 0 aliphatic carbocycles. The summed E-state index contributed by atoms with van der Waals surface area (Å²) in [6.07, 6.45) is 1.94. The smallest absolute Gasteiger partial charge is 0.233 e. The van der Waals surface area contributed by atoms with Gasteiger partial charge in [-0.15, -0.1) is 0 Å². The fourth-order valence-corrected chi connectivity index (χ4v) is 3.11. The van der Waals surface area contributed by atoms with Crippen LogP contribution in [0, 0.1) is 0 Å². The van der Waals surface area contributed by atoms with Crippen LogP contribution in [0.5, 0.6) is 0 Å². The molecule has 1 aromatic rings. The molecule has 2 atom stereocenters. The molecule has 2 fully saturated rings. The Morgan fingerprint density at radius 2 is 2.25 bits per heavy atom. The van der Waals surface area contributed by atoms with Gasteiger partial charge in [-0.1, -0.05) is 5.16 Å². The van der Waals surface area contributed by atoms with E-state index in [0.29, 0.717) is 6.04 Å². The minimum atomic E-state index is 0.0144. The van der Waals surface area contributed by atoms with Crippen LogP contribution in [-0.4, -0.2) is 72.8 Å². The van der Waals surface area contributed by atoms with Crippen LogP contribution >= 0.6 is 0 Å². The molecule has 112 valence electrons.